The van der Waals surface area contributed by atoms with E-state index < -0.39 is 0 Å². The third-order valence-corrected chi connectivity index (χ3v) is 4.77. The van der Waals surface area contributed by atoms with Crippen molar-refractivity contribution in [1.82, 2.24) is 0 Å². The summed E-state index contributed by atoms with van der Waals surface area (Å²) in [6.07, 6.45) is 0. The number of carbonyl (C=O) groups is 1. The summed E-state index contributed by atoms with van der Waals surface area (Å²) in [5.41, 5.74) is 0.542. The number of ether oxygens (including phenoxy) is 1. The van der Waals surface area contributed by atoms with Crippen LogP contribution in [0.15, 0.2) is 32.5 Å². The Morgan fingerprint density at radius 1 is 1.40 bits per heavy atom. The first-order valence-corrected chi connectivity index (χ1v) is 8.48. The summed E-state index contributed by atoms with van der Waals surface area (Å²) in [7, 11) is 0. The first kappa shape index (κ1) is 15.8. The van der Waals surface area contributed by atoms with Crippen LogP contribution in [0.3, 0.4) is 0 Å². The van der Waals surface area contributed by atoms with Crippen LogP contribution in [0.4, 0.5) is 5.69 Å². The van der Waals surface area contributed by atoms with E-state index in [1.165, 1.54) is 11.3 Å². The summed E-state index contributed by atoms with van der Waals surface area (Å²) in [5.74, 6) is 0.372. The average molecular weight is 440 g/mol. The molecule has 7 heteroatoms. The highest BCUT2D eigenvalue weighted by Gasteiger charge is 2.15. The molecule has 1 amide bonds. The van der Waals surface area contributed by atoms with Crippen LogP contribution in [-0.2, 0) is 0 Å². The van der Waals surface area contributed by atoms with Crippen molar-refractivity contribution in [3.05, 3.63) is 42.4 Å². The van der Waals surface area contributed by atoms with E-state index in [0.717, 1.165) is 3.79 Å². The lowest BCUT2D eigenvalue weighted by molar-refractivity contribution is 0.103. The molecule has 1 heterocycles. The number of halogens is 3. The van der Waals surface area contributed by atoms with Gasteiger partial charge in [0.25, 0.3) is 5.91 Å². The Hall–Kier alpha value is -0.560. The van der Waals surface area contributed by atoms with Gasteiger partial charge in [-0.05, 0) is 63.0 Å². The SMILES string of the molecule is CCOc1c(Br)cc(Cl)cc1NC(=O)c1ccc(Br)s1. The molecule has 0 spiro atoms. The summed E-state index contributed by atoms with van der Waals surface area (Å²) < 4.78 is 7.14. The van der Waals surface area contributed by atoms with Gasteiger partial charge in [-0.15, -0.1) is 11.3 Å². The number of benzene rings is 1. The van der Waals surface area contributed by atoms with E-state index in [1.807, 2.05) is 13.0 Å². The number of nitrogens with one attached hydrogen (secondary N) is 1. The highest BCUT2D eigenvalue weighted by atomic mass is 79.9. The zero-order valence-electron chi connectivity index (χ0n) is 10.4. The second-order valence-corrected chi connectivity index (χ2v) is 7.51. The second-order valence-electron chi connectivity index (χ2n) is 3.76. The van der Waals surface area contributed by atoms with Crippen molar-refractivity contribution in [2.24, 2.45) is 0 Å². The molecule has 1 aromatic heterocycles. The lowest BCUT2D eigenvalue weighted by Gasteiger charge is -2.13. The molecular formula is C13H10Br2ClNO2S. The largest absolute Gasteiger partial charge is 0.491 e. The lowest BCUT2D eigenvalue weighted by Crippen LogP contribution is -2.11. The number of rotatable bonds is 4. The Kier molecular flexibility index (Phi) is 5.49. The summed E-state index contributed by atoms with van der Waals surface area (Å²) in [5, 5.41) is 3.33. The van der Waals surface area contributed by atoms with E-state index in [2.05, 4.69) is 37.2 Å². The van der Waals surface area contributed by atoms with Crippen LogP contribution in [0.2, 0.25) is 5.02 Å². The number of carbonyl (C=O) groups excluding carboxylic acids is 1. The Balaban J connectivity index is 2.30. The first-order chi connectivity index (χ1) is 9.51. The van der Waals surface area contributed by atoms with Gasteiger partial charge in [0.15, 0.2) is 5.75 Å². The maximum absolute atomic E-state index is 12.2. The van der Waals surface area contributed by atoms with Gasteiger partial charge < -0.3 is 10.1 Å². The highest BCUT2D eigenvalue weighted by molar-refractivity contribution is 9.11. The number of anilines is 1. The maximum Gasteiger partial charge on any atom is 0.265 e. The molecule has 0 saturated heterocycles. The molecule has 0 aliphatic carbocycles. The average Bonchev–Trinajstić information content (AvgIpc) is 2.80. The Morgan fingerprint density at radius 3 is 2.75 bits per heavy atom. The minimum Gasteiger partial charge on any atom is -0.491 e. The molecule has 2 rings (SSSR count). The van der Waals surface area contributed by atoms with Crippen molar-refractivity contribution >= 4 is 66.4 Å². The van der Waals surface area contributed by atoms with Crippen molar-refractivity contribution < 1.29 is 9.53 Å². The topological polar surface area (TPSA) is 38.3 Å². The van der Waals surface area contributed by atoms with E-state index in [-0.39, 0.29) is 5.91 Å². The monoisotopic (exact) mass is 437 g/mol. The van der Waals surface area contributed by atoms with Gasteiger partial charge in [-0.2, -0.15) is 0 Å². The fraction of sp³-hybridized carbons (Fsp3) is 0.154. The fourth-order valence-electron chi connectivity index (χ4n) is 1.56. The van der Waals surface area contributed by atoms with Crippen molar-refractivity contribution in [3.8, 4) is 5.75 Å². The van der Waals surface area contributed by atoms with Crippen LogP contribution in [0.1, 0.15) is 16.6 Å². The highest BCUT2D eigenvalue weighted by Crippen LogP contribution is 2.37. The van der Waals surface area contributed by atoms with E-state index in [4.69, 9.17) is 16.3 Å². The Labute approximate surface area is 142 Å². The Bertz CT molecular complexity index is 645. The van der Waals surface area contributed by atoms with Crippen molar-refractivity contribution in [2.75, 3.05) is 11.9 Å². The van der Waals surface area contributed by atoms with Crippen molar-refractivity contribution in [1.29, 1.82) is 0 Å². The number of hydrogen-bond acceptors (Lipinski definition) is 3. The molecule has 0 aliphatic rings. The van der Waals surface area contributed by atoms with E-state index >= 15 is 0 Å². The lowest BCUT2D eigenvalue weighted by atomic mass is 10.3. The number of hydrogen-bond donors (Lipinski definition) is 1. The molecule has 0 aliphatic heterocycles. The van der Waals surface area contributed by atoms with Crippen molar-refractivity contribution in [2.45, 2.75) is 6.92 Å². The summed E-state index contributed by atoms with van der Waals surface area (Å²) in [6.45, 7) is 2.37. The Morgan fingerprint density at radius 2 is 2.15 bits per heavy atom. The normalized spacial score (nSPS) is 10.4. The predicted octanol–water partition coefficient (Wildman–Crippen LogP) is 5.58. The van der Waals surface area contributed by atoms with Crippen LogP contribution in [0.25, 0.3) is 0 Å². The molecule has 2 aromatic rings. The summed E-state index contributed by atoms with van der Waals surface area (Å²) >= 11 is 14.1. The van der Waals surface area contributed by atoms with Gasteiger partial charge in [0.05, 0.1) is 25.4 Å². The van der Waals surface area contributed by atoms with E-state index in [9.17, 15) is 4.79 Å². The quantitative estimate of drug-likeness (QED) is 0.676. The van der Waals surface area contributed by atoms with Crippen LogP contribution in [0.5, 0.6) is 5.75 Å². The number of thiophene rings is 1. The fourth-order valence-corrected chi connectivity index (χ4v) is 3.77. The van der Waals surface area contributed by atoms with E-state index in [1.54, 1.807) is 18.2 Å². The first-order valence-electron chi connectivity index (χ1n) is 5.69. The molecule has 3 nitrogen and oxygen atoms in total. The zero-order valence-corrected chi connectivity index (χ0v) is 15.1. The van der Waals surface area contributed by atoms with Crippen LogP contribution < -0.4 is 10.1 Å². The second kappa shape index (κ2) is 6.93. The standard InChI is InChI=1S/C13H10Br2ClNO2S/c1-2-19-12-8(14)5-7(16)6-9(12)17-13(18)10-3-4-11(15)20-10/h3-6H,2H2,1H3,(H,17,18). The van der Waals surface area contributed by atoms with Gasteiger partial charge in [0.1, 0.15) is 0 Å². The molecule has 0 atom stereocenters. The van der Waals surface area contributed by atoms with Gasteiger partial charge >= 0.3 is 0 Å². The predicted molar refractivity (Wildman–Crippen MR) is 90.3 cm³/mol. The van der Waals surface area contributed by atoms with Gasteiger partial charge in [0.2, 0.25) is 0 Å². The molecular weight excluding hydrogens is 429 g/mol. The maximum atomic E-state index is 12.2. The van der Waals surface area contributed by atoms with Crippen LogP contribution >= 0.6 is 54.8 Å². The summed E-state index contributed by atoms with van der Waals surface area (Å²) in [4.78, 5) is 12.8. The van der Waals surface area contributed by atoms with Crippen molar-refractivity contribution in [3.63, 3.8) is 0 Å². The molecule has 0 unspecified atom stereocenters. The third-order valence-electron chi connectivity index (χ3n) is 2.34. The molecule has 0 saturated carbocycles. The molecule has 0 fully saturated rings. The molecule has 1 N–H and O–H groups in total. The van der Waals surface area contributed by atoms with Gasteiger partial charge in [-0.25, -0.2) is 0 Å². The van der Waals surface area contributed by atoms with Gasteiger partial charge in [0, 0.05) is 5.02 Å². The number of amides is 1. The molecule has 0 radical (unpaired) electrons. The third kappa shape index (κ3) is 3.75. The molecule has 20 heavy (non-hydrogen) atoms. The molecule has 0 bridgehead atoms. The minimum atomic E-state index is -0.198. The van der Waals surface area contributed by atoms with Crippen LogP contribution in [-0.4, -0.2) is 12.5 Å². The zero-order chi connectivity index (χ0) is 14.7. The van der Waals surface area contributed by atoms with E-state index in [0.29, 0.717) is 32.4 Å². The smallest absolute Gasteiger partial charge is 0.265 e. The molecule has 1 aromatic carbocycles. The molecule has 106 valence electrons. The van der Waals surface area contributed by atoms with Gasteiger partial charge in [-0.1, -0.05) is 11.6 Å². The summed E-state index contributed by atoms with van der Waals surface area (Å²) in [6, 6.07) is 6.97. The minimum absolute atomic E-state index is 0.198. The van der Waals surface area contributed by atoms with Gasteiger partial charge in [-0.3, -0.25) is 4.79 Å². The van der Waals surface area contributed by atoms with Crippen LogP contribution in [0, 0.1) is 0 Å².